The molecule has 4 nitrogen and oxygen atoms in total. The topological polar surface area (TPSA) is 47.2 Å². The van der Waals surface area contributed by atoms with Crippen molar-refractivity contribution in [2.75, 3.05) is 7.11 Å². The van der Waals surface area contributed by atoms with Gasteiger partial charge in [0.15, 0.2) is 0 Å². The van der Waals surface area contributed by atoms with E-state index >= 15 is 0 Å². The van der Waals surface area contributed by atoms with Crippen LogP contribution in [0.2, 0.25) is 0 Å². The van der Waals surface area contributed by atoms with Gasteiger partial charge in [0, 0.05) is 23.6 Å². The molecule has 0 saturated heterocycles. The first-order chi connectivity index (χ1) is 12.9. The second kappa shape index (κ2) is 7.66. The van der Waals surface area contributed by atoms with E-state index in [1.165, 1.54) is 19.2 Å². The van der Waals surface area contributed by atoms with Gasteiger partial charge in [-0.1, -0.05) is 24.3 Å². The minimum absolute atomic E-state index is 0.308. The van der Waals surface area contributed by atoms with E-state index in [-0.39, 0.29) is 0 Å². The summed E-state index contributed by atoms with van der Waals surface area (Å²) in [6, 6.07) is 14.3. The first-order valence-electron chi connectivity index (χ1n) is 7.97. The predicted octanol–water partition coefficient (Wildman–Crippen LogP) is 5.11. The molecule has 138 valence electrons. The Morgan fingerprint density at radius 3 is 2.22 bits per heavy atom. The highest BCUT2D eigenvalue weighted by Gasteiger charge is 2.30. The van der Waals surface area contributed by atoms with Crippen molar-refractivity contribution in [2.45, 2.75) is 12.8 Å². The van der Waals surface area contributed by atoms with Crippen LogP contribution in [-0.2, 0) is 22.6 Å². The van der Waals surface area contributed by atoms with Crippen molar-refractivity contribution in [2.24, 2.45) is 0 Å². The number of nitriles is 1. The summed E-state index contributed by atoms with van der Waals surface area (Å²) in [5.74, 6) is 0. The van der Waals surface area contributed by atoms with Crippen LogP contribution in [0.5, 0.6) is 0 Å². The molecule has 0 spiro atoms. The fraction of sp³-hybridized carbons (Fsp3) is 0.150. The van der Waals surface area contributed by atoms with Crippen molar-refractivity contribution in [3.05, 3.63) is 77.6 Å². The molecule has 0 atom stereocenters. The van der Waals surface area contributed by atoms with E-state index in [2.05, 4.69) is 11.0 Å². The van der Waals surface area contributed by atoms with Gasteiger partial charge in [-0.3, -0.25) is 0 Å². The molecule has 0 N–H and O–H groups in total. The van der Waals surface area contributed by atoms with Crippen molar-refractivity contribution in [1.29, 1.82) is 5.26 Å². The molecule has 0 unspecified atom stereocenters. The SMILES string of the molecule is COOCc1ccc(-n2cc(C#N)c(-c3ccc(C(F)(F)F)cc3)c2)cc1. The van der Waals surface area contributed by atoms with Crippen LogP contribution in [0, 0.1) is 11.3 Å². The lowest BCUT2D eigenvalue weighted by molar-refractivity contribution is -0.282. The zero-order valence-corrected chi connectivity index (χ0v) is 14.3. The summed E-state index contributed by atoms with van der Waals surface area (Å²) >= 11 is 0. The second-order valence-corrected chi connectivity index (χ2v) is 5.78. The minimum atomic E-state index is -4.39. The third kappa shape index (κ3) is 4.19. The van der Waals surface area contributed by atoms with E-state index in [4.69, 9.17) is 4.89 Å². The number of hydrogen-bond acceptors (Lipinski definition) is 3. The molecular weight excluding hydrogens is 357 g/mol. The predicted molar refractivity (Wildman–Crippen MR) is 92.7 cm³/mol. The summed E-state index contributed by atoms with van der Waals surface area (Å²) in [5, 5.41) is 9.39. The van der Waals surface area contributed by atoms with Crippen LogP contribution in [-0.4, -0.2) is 11.7 Å². The summed E-state index contributed by atoms with van der Waals surface area (Å²) in [5.41, 5.74) is 2.49. The Hall–Kier alpha value is -3.08. The Labute approximate surface area is 153 Å². The zero-order chi connectivity index (χ0) is 19.4. The molecule has 1 aromatic heterocycles. The van der Waals surface area contributed by atoms with E-state index in [0.29, 0.717) is 23.3 Å². The fourth-order valence-corrected chi connectivity index (χ4v) is 2.65. The van der Waals surface area contributed by atoms with Crippen LogP contribution in [0.3, 0.4) is 0 Å². The maximum absolute atomic E-state index is 12.7. The monoisotopic (exact) mass is 372 g/mol. The lowest BCUT2D eigenvalue weighted by atomic mass is 10.0. The van der Waals surface area contributed by atoms with Crippen molar-refractivity contribution in [1.82, 2.24) is 4.57 Å². The molecule has 3 aromatic rings. The molecule has 0 amide bonds. The molecule has 0 radical (unpaired) electrons. The van der Waals surface area contributed by atoms with E-state index in [1.54, 1.807) is 17.0 Å². The van der Waals surface area contributed by atoms with Crippen molar-refractivity contribution < 1.29 is 22.9 Å². The highest BCUT2D eigenvalue weighted by atomic mass is 19.4. The summed E-state index contributed by atoms with van der Waals surface area (Å²) < 4.78 is 39.9. The number of halogens is 3. The Balaban J connectivity index is 1.91. The Morgan fingerprint density at radius 1 is 1.00 bits per heavy atom. The lowest BCUT2D eigenvalue weighted by Gasteiger charge is -2.07. The van der Waals surface area contributed by atoms with Gasteiger partial charge < -0.3 is 4.57 Å². The third-order valence-electron chi connectivity index (χ3n) is 4.05. The summed E-state index contributed by atoms with van der Waals surface area (Å²) in [4.78, 5) is 9.43. The van der Waals surface area contributed by atoms with Gasteiger partial charge in [0.2, 0.25) is 0 Å². The Bertz CT molecular complexity index is 953. The number of hydrogen-bond donors (Lipinski definition) is 0. The molecule has 2 aromatic carbocycles. The highest BCUT2D eigenvalue weighted by molar-refractivity contribution is 5.71. The largest absolute Gasteiger partial charge is 0.416 e. The molecule has 0 aliphatic carbocycles. The molecule has 0 fully saturated rings. The van der Waals surface area contributed by atoms with Gasteiger partial charge >= 0.3 is 6.18 Å². The second-order valence-electron chi connectivity index (χ2n) is 5.78. The van der Waals surface area contributed by atoms with Gasteiger partial charge in [-0.05, 0) is 35.4 Å². The summed E-state index contributed by atoms with van der Waals surface area (Å²) in [6.07, 6.45) is -1.02. The zero-order valence-electron chi connectivity index (χ0n) is 14.3. The van der Waals surface area contributed by atoms with Crippen LogP contribution in [0.25, 0.3) is 16.8 Å². The van der Waals surface area contributed by atoms with Gasteiger partial charge in [0.05, 0.1) is 18.2 Å². The fourth-order valence-electron chi connectivity index (χ4n) is 2.65. The molecule has 0 bridgehead atoms. The van der Waals surface area contributed by atoms with Crippen molar-refractivity contribution in [3.8, 4) is 22.9 Å². The maximum Gasteiger partial charge on any atom is 0.416 e. The molecular formula is C20H15F3N2O2. The van der Waals surface area contributed by atoms with E-state index in [9.17, 15) is 18.4 Å². The first-order valence-corrected chi connectivity index (χ1v) is 7.97. The van der Waals surface area contributed by atoms with Gasteiger partial charge in [0.1, 0.15) is 12.7 Å². The average molecular weight is 372 g/mol. The Morgan fingerprint density at radius 2 is 1.67 bits per heavy atom. The molecule has 0 saturated carbocycles. The molecule has 0 aliphatic heterocycles. The molecule has 1 heterocycles. The first kappa shape index (κ1) is 18.7. The van der Waals surface area contributed by atoms with Crippen LogP contribution < -0.4 is 0 Å². The highest BCUT2D eigenvalue weighted by Crippen LogP contribution is 2.32. The number of nitrogens with zero attached hydrogens (tertiary/aromatic N) is 2. The van der Waals surface area contributed by atoms with Crippen molar-refractivity contribution >= 4 is 0 Å². The van der Waals surface area contributed by atoms with E-state index in [0.717, 1.165) is 23.4 Å². The van der Waals surface area contributed by atoms with Crippen LogP contribution >= 0.6 is 0 Å². The van der Waals surface area contributed by atoms with E-state index < -0.39 is 11.7 Å². The number of aromatic nitrogens is 1. The average Bonchev–Trinajstić information content (AvgIpc) is 3.10. The minimum Gasteiger partial charge on any atom is -0.322 e. The van der Waals surface area contributed by atoms with Crippen LogP contribution in [0.4, 0.5) is 13.2 Å². The van der Waals surface area contributed by atoms with Crippen LogP contribution in [0.15, 0.2) is 60.9 Å². The smallest absolute Gasteiger partial charge is 0.322 e. The molecule has 7 heteroatoms. The maximum atomic E-state index is 12.7. The van der Waals surface area contributed by atoms with Gasteiger partial charge in [-0.25, -0.2) is 9.78 Å². The van der Waals surface area contributed by atoms with Gasteiger partial charge in [-0.2, -0.15) is 18.4 Å². The summed E-state index contributed by atoms with van der Waals surface area (Å²) in [6.45, 7) is 0.308. The third-order valence-corrected chi connectivity index (χ3v) is 4.05. The molecule has 3 rings (SSSR count). The normalized spacial score (nSPS) is 11.4. The number of rotatable bonds is 5. The van der Waals surface area contributed by atoms with E-state index in [1.807, 2.05) is 24.3 Å². The number of alkyl halides is 3. The standard InChI is InChI=1S/C20H15F3N2O2/c1-26-27-13-14-2-8-18(9-3-14)25-11-16(10-24)19(12-25)15-4-6-17(7-5-15)20(21,22)23/h2-9,11-12H,13H2,1H3. The lowest BCUT2D eigenvalue weighted by Crippen LogP contribution is -2.03. The van der Waals surface area contributed by atoms with Crippen molar-refractivity contribution in [3.63, 3.8) is 0 Å². The number of benzene rings is 2. The molecule has 27 heavy (non-hydrogen) atoms. The molecule has 0 aliphatic rings. The van der Waals surface area contributed by atoms with Gasteiger partial charge in [-0.15, -0.1) is 0 Å². The summed E-state index contributed by atoms with van der Waals surface area (Å²) in [7, 11) is 1.43. The van der Waals surface area contributed by atoms with Gasteiger partial charge in [0.25, 0.3) is 0 Å². The Kier molecular flexibility index (Phi) is 5.31. The van der Waals surface area contributed by atoms with Crippen LogP contribution in [0.1, 0.15) is 16.7 Å². The quantitative estimate of drug-likeness (QED) is 0.462.